The van der Waals surface area contributed by atoms with Gasteiger partial charge < -0.3 is 4.18 Å². The number of ketones is 1. The molecule has 0 saturated heterocycles. The van der Waals surface area contributed by atoms with Crippen LogP contribution in [0.3, 0.4) is 0 Å². The minimum absolute atomic E-state index is 0.0369. The molecule has 0 aliphatic heterocycles. The molecule has 0 unspecified atom stereocenters. The third-order valence-electron chi connectivity index (χ3n) is 1.70. The van der Waals surface area contributed by atoms with Crippen molar-refractivity contribution in [3.63, 3.8) is 0 Å². The van der Waals surface area contributed by atoms with Crippen LogP contribution in [0.15, 0.2) is 24.3 Å². The maximum absolute atomic E-state index is 11.2. The third kappa shape index (κ3) is 3.69. The van der Waals surface area contributed by atoms with Gasteiger partial charge in [-0.1, -0.05) is 6.92 Å². The first kappa shape index (κ1) is 11.7. The fourth-order valence-electron chi connectivity index (χ4n) is 1.02. The van der Waals surface area contributed by atoms with Crippen molar-refractivity contribution in [3.8, 4) is 5.75 Å². The van der Waals surface area contributed by atoms with Gasteiger partial charge in [0.1, 0.15) is 5.75 Å². The highest BCUT2D eigenvalue weighted by atomic mass is 32.3. The summed E-state index contributed by atoms with van der Waals surface area (Å²) in [5.41, 5.74) is 0.472. The predicted octanol–water partition coefficient (Wildman–Crippen LogP) is 1.46. The number of hydrogen-bond donors (Lipinski definition) is 1. The second-order valence-corrected chi connectivity index (χ2v) is 3.83. The second kappa shape index (κ2) is 4.41. The van der Waals surface area contributed by atoms with Gasteiger partial charge in [-0.3, -0.25) is 9.35 Å². The fourth-order valence-corrected chi connectivity index (χ4v) is 1.38. The van der Waals surface area contributed by atoms with E-state index in [1.807, 2.05) is 0 Å². The zero-order chi connectivity index (χ0) is 11.5. The van der Waals surface area contributed by atoms with Gasteiger partial charge in [0.05, 0.1) is 0 Å². The van der Waals surface area contributed by atoms with Gasteiger partial charge in [0.2, 0.25) is 0 Å². The van der Waals surface area contributed by atoms with Crippen molar-refractivity contribution in [2.45, 2.75) is 13.3 Å². The van der Waals surface area contributed by atoms with Gasteiger partial charge in [0.25, 0.3) is 0 Å². The molecule has 0 amide bonds. The minimum Gasteiger partial charge on any atom is -0.362 e. The first-order chi connectivity index (χ1) is 6.92. The van der Waals surface area contributed by atoms with E-state index in [1.165, 1.54) is 24.3 Å². The molecule has 0 aromatic heterocycles. The largest absolute Gasteiger partial charge is 0.446 e. The summed E-state index contributed by atoms with van der Waals surface area (Å²) in [6.45, 7) is 1.73. The molecule has 0 spiro atoms. The lowest BCUT2D eigenvalue weighted by Crippen LogP contribution is -2.06. The Kier molecular flexibility index (Phi) is 3.43. The van der Waals surface area contributed by atoms with Crippen LogP contribution >= 0.6 is 0 Å². The molecule has 0 heterocycles. The predicted molar refractivity (Wildman–Crippen MR) is 53.2 cm³/mol. The molecule has 15 heavy (non-hydrogen) atoms. The quantitative estimate of drug-likeness (QED) is 0.625. The summed E-state index contributed by atoms with van der Waals surface area (Å²) in [5.74, 6) is -0.0847. The Morgan fingerprint density at radius 2 is 1.87 bits per heavy atom. The molecule has 6 heteroatoms. The Labute approximate surface area is 87.6 Å². The van der Waals surface area contributed by atoms with E-state index >= 15 is 0 Å². The van der Waals surface area contributed by atoms with E-state index in [4.69, 9.17) is 4.55 Å². The Bertz CT molecular complexity index is 446. The van der Waals surface area contributed by atoms with E-state index in [1.54, 1.807) is 6.92 Å². The topological polar surface area (TPSA) is 80.7 Å². The molecule has 5 nitrogen and oxygen atoms in total. The molecule has 1 aromatic rings. The highest BCUT2D eigenvalue weighted by Gasteiger charge is 2.07. The van der Waals surface area contributed by atoms with Crippen LogP contribution in [0.2, 0.25) is 0 Å². The van der Waals surface area contributed by atoms with Crippen LogP contribution < -0.4 is 4.18 Å². The van der Waals surface area contributed by atoms with E-state index in [9.17, 15) is 13.2 Å². The molecule has 1 N–H and O–H groups in total. The lowest BCUT2D eigenvalue weighted by Gasteiger charge is -2.02. The van der Waals surface area contributed by atoms with E-state index in [0.717, 1.165) is 0 Å². The van der Waals surface area contributed by atoms with Crippen molar-refractivity contribution in [2.24, 2.45) is 0 Å². The SMILES string of the molecule is CCC(=O)c1ccc(OS(=O)(=O)O)cc1. The summed E-state index contributed by atoms with van der Waals surface area (Å²) in [6, 6.07) is 5.48. The Morgan fingerprint density at radius 3 is 2.27 bits per heavy atom. The molecule has 0 bridgehead atoms. The molecule has 0 fully saturated rings. The van der Waals surface area contributed by atoms with Gasteiger partial charge in [-0.15, -0.1) is 0 Å². The first-order valence-corrected chi connectivity index (χ1v) is 5.59. The molecular weight excluding hydrogens is 220 g/mol. The van der Waals surface area contributed by atoms with Gasteiger partial charge in [-0.25, -0.2) is 0 Å². The van der Waals surface area contributed by atoms with Gasteiger partial charge in [0, 0.05) is 12.0 Å². The molecule has 0 radical (unpaired) electrons. The molecule has 0 aliphatic carbocycles. The van der Waals surface area contributed by atoms with Crippen LogP contribution in [-0.2, 0) is 10.4 Å². The Morgan fingerprint density at radius 1 is 1.33 bits per heavy atom. The number of benzene rings is 1. The van der Waals surface area contributed by atoms with Crippen LogP contribution in [0.25, 0.3) is 0 Å². The standard InChI is InChI=1S/C9H10O5S/c1-2-9(10)7-3-5-8(6-4-7)14-15(11,12)13/h3-6H,2H2,1H3,(H,11,12,13). The third-order valence-corrected chi connectivity index (χ3v) is 2.10. The average Bonchev–Trinajstić information content (AvgIpc) is 2.15. The molecule has 82 valence electrons. The van der Waals surface area contributed by atoms with Crippen LogP contribution in [0.5, 0.6) is 5.75 Å². The monoisotopic (exact) mass is 230 g/mol. The lowest BCUT2D eigenvalue weighted by atomic mass is 10.1. The number of Topliss-reactive ketones (excluding diaryl/α,β-unsaturated/α-hetero) is 1. The van der Waals surface area contributed by atoms with Crippen molar-refractivity contribution in [1.29, 1.82) is 0 Å². The number of carbonyl (C=O) groups is 1. The maximum atomic E-state index is 11.2. The molecule has 0 aliphatic rings. The molecule has 1 rings (SSSR count). The summed E-state index contributed by atoms with van der Waals surface area (Å²) in [7, 11) is -4.50. The van der Waals surface area contributed by atoms with Gasteiger partial charge in [0.15, 0.2) is 5.78 Å². The summed E-state index contributed by atoms with van der Waals surface area (Å²) in [6.07, 6.45) is 0.374. The van der Waals surface area contributed by atoms with Crippen molar-refractivity contribution in [2.75, 3.05) is 0 Å². The summed E-state index contributed by atoms with van der Waals surface area (Å²) in [4.78, 5) is 11.2. The van der Waals surface area contributed by atoms with Crippen molar-refractivity contribution in [3.05, 3.63) is 29.8 Å². The lowest BCUT2D eigenvalue weighted by molar-refractivity contribution is 0.0988. The number of carbonyl (C=O) groups excluding carboxylic acids is 1. The molecule has 0 atom stereocenters. The smallest absolute Gasteiger partial charge is 0.362 e. The molecular formula is C9H10O5S. The average molecular weight is 230 g/mol. The zero-order valence-electron chi connectivity index (χ0n) is 8.00. The van der Waals surface area contributed by atoms with E-state index in [2.05, 4.69) is 4.18 Å². The van der Waals surface area contributed by atoms with Crippen LogP contribution in [0, 0.1) is 0 Å². The minimum atomic E-state index is -4.50. The van der Waals surface area contributed by atoms with Crippen LogP contribution in [0.4, 0.5) is 0 Å². The van der Waals surface area contributed by atoms with Gasteiger partial charge >= 0.3 is 10.4 Å². The van der Waals surface area contributed by atoms with Crippen molar-refractivity contribution in [1.82, 2.24) is 0 Å². The first-order valence-electron chi connectivity index (χ1n) is 4.22. The number of hydrogen-bond acceptors (Lipinski definition) is 4. The Balaban J connectivity index is 2.86. The Hall–Kier alpha value is -1.40. The maximum Gasteiger partial charge on any atom is 0.446 e. The molecule has 1 aromatic carbocycles. The summed E-state index contributed by atoms with van der Waals surface area (Å²) < 4.78 is 33.2. The van der Waals surface area contributed by atoms with Crippen molar-refractivity contribution >= 4 is 16.2 Å². The fraction of sp³-hybridized carbons (Fsp3) is 0.222. The summed E-state index contributed by atoms with van der Waals surface area (Å²) >= 11 is 0. The number of rotatable bonds is 4. The molecule has 0 saturated carbocycles. The van der Waals surface area contributed by atoms with Crippen molar-refractivity contribution < 1.29 is 21.9 Å². The highest BCUT2D eigenvalue weighted by Crippen LogP contribution is 2.14. The van der Waals surface area contributed by atoms with Gasteiger partial charge in [-0.2, -0.15) is 8.42 Å². The van der Waals surface area contributed by atoms with E-state index in [-0.39, 0.29) is 11.5 Å². The normalized spacial score (nSPS) is 11.1. The summed E-state index contributed by atoms with van der Waals surface area (Å²) in [5, 5.41) is 0. The van der Waals surface area contributed by atoms with E-state index < -0.39 is 10.4 Å². The van der Waals surface area contributed by atoms with Crippen LogP contribution in [0.1, 0.15) is 23.7 Å². The second-order valence-electron chi connectivity index (χ2n) is 2.81. The van der Waals surface area contributed by atoms with Crippen LogP contribution in [-0.4, -0.2) is 18.8 Å². The van der Waals surface area contributed by atoms with Gasteiger partial charge in [-0.05, 0) is 24.3 Å². The highest BCUT2D eigenvalue weighted by molar-refractivity contribution is 7.81. The zero-order valence-corrected chi connectivity index (χ0v) is 8.82. The van der Waals surface area contributed by atoms with E-state index in [0.29, 0.717) is 12.0 Å².